The van der Waals surface area contributed by atoms with Crippen LogP contribution in [-0.2, 0) is 10.0 Å². The van der Waals surface area contributed by atoms with Gasteiger partial charge in [0.1, 0.15) is 0 Å². The number of piperidine rings is 1. The van der Waals surface area contributed by atoms with Gasteiger partial charge in [-0.1, -0.05) is 6.42 Å². The number of anilines is 1. The number of hydrazine groups is 1. The molecule has 2 rings (SSSR count). The molecule has 0 aromatic heterocycles. The van der Waals surface area contributed by atoms with Gasteiger partial charge in [-0.3, -0.25) is 0 Å². The van der Waals surface area contributed by atoms with Gasteiger partial charge in [-0.25, -0.2) is 18.2 Å². The van der Waals surface area contributed by atoms with E-state index in [9.17, 15) is 13.2 Å². The highest BCUT2D eigenvalue weighted by Gasteiger charge is 2.25. The van der Waals surface area contributed by atoms with E-state index >= 15 is 0 Å². The molecule has 1 fully saturated rings. The van der Waals surface area contributed by atoms with E-state index in [4.69, 9.17) is 10.8 Å². The van der Waals surface area contributed by atoms with Crippen LogP contribution in [0, 0.1) is 0 Å². The number of rotatable bonds is 4. The van der Waals surface area contributed by atoms with E-state index in [-0.39, 0.29) is 16.1 Å². The smallest absolute Gasteiger partial charge is 0.337 e. The van der Waals surface area contributed by atoms with Crippen LogP contribution in [0.1, 0.15) is 29.6 Å². The van der Waals surface area contributed by atoms with Crippen LogP contribution in [-0.4, -0.2) is 37.6 Å². The average molecular weight is 299 g/mol. The van der Waals surface area contributed by atoms with E-state index in [0.717, 1.165) is 25.3 Å². The number of carboxylic acids is 1. The summed E-state index contributed by atoms with van der Waals surface area (Å²) in [5.74, 6) is -1.30. The molecular formula is C12H17N3O4S. The molecule has 1 saturated heterocycles. The molecular weight excluding hydrogens is 282 g/mol. The maximum Gasteiger partial charge on any atom is 0.337 e. The Labute approximate surface area is 117 Å². The highest BCUT2D eigenvalue weighted by Crippen LogP contribution is 2.20. The van der Waals surface area contributed by atoms with Crippen LogP contribution in [0.5, 0.6) is 0 Å². The molecule has 0 saturated carbocycles. The molecule has 8 heteroatoms. The second-order valence-electron chi connectivity index (χ2n) is 4.70. The van der Waals surface area contributed by atoms with Crippen LogP contribution >= 0.6 is 0 Å². The zero-order valence-corrected chi connectivity index (χ0v) is 11.7. The number of nitrogens with one attached hydrogen (secondary N) is 1. The van der Waals surface area contributed by atoms with E-state index in [0.29, 0.717) is 13.1 Å². The van der Waals surface area contributed by atoms with Gasteiger partial charge in [-0.2, -0.15) is 0 Å². The quantitative estimate of drug-likeness (QED) is 0.703. The molecule has 0 atom stereocenters. The van der Waals surface area contributed by atoms with E-state index in [2.05, 4.69) is 4.83 Å². The first kappa shape index (κ1) is 14.8. The molecule has 0 amide bonds. The van der Waals surface area contributed by atoms with Crippen molar-refractivity contribution in [3.8, 4) is 0 Å². The number of sulfonamides is 1. The summed E-state index contributed by atoms with van der Waals surface area (Å²) >= 11 is 0. The molecule has 0 unspecified atom stereocenters. The standard InChI is InChI=1S/C12H17N3O4S/c13-9-4-5-10(12(16)17)11(8-9)20(18,19)14-15-6-2-1-3-7-15/h4-5,8,14H,1-3,6-7,13H2,(H,16,17). The van der Waals surface area contributed by atoms with Gasteiger partial charge >= 0.3 is 5.97 Å². The van der Waals surface area contributed by atoms with Crippen molar-refractivity contribution in [3.05, 3.63) is 23.8 Å². The van der Waals surface area contributed by atoms with Crippen LogP contribution in [0.2, 0.25) is 0 Å². The number of benzene rings is 1. The molecule has 1 aliphatic rings. The Bertz CT molecular complexity index is 609. The number of nitrogens with zero attached hydrogens (tertiary/aromatic N) is 1. The molecule has 1 aliphatic heterocycles. The highest BCUT2D eigenvalue weighted by molar-refractivity contribution is 7.89. The van der Waals surface area contributed by atoms with Crippen molar-refractivity contribution < 1.29 is 18.3 Å². The fourth-order valence-corrected chi connectivity index (χ4v) is 3.50. The summed E-state index contributed by atoms with van der Waals surface area (Å²) in [6, 6.07) is 3.72. The van der Waals surface area contributed by atoms with Gasteiger partial charge < -0.3 is 10.8 Å². The number of aromatic carboxylic acids is 1. The largest absolute Gasteiger partial charge is 0.478 e. The fourth-order valence-electron chi connectivity index (χ4n) is 2.14. The Balaban J connectivity index is 2.32. The minimum atomic E-state index is -3.94. The van der Waals surface area contributed by atoms with Crippen molar-refractivity contribution in [3.63, 3.8) is 0 Å². The second-order valence-corrected chi connectivity index (χ2v) is 6.33. The van der Waals surface area contributed by atoms with Gasteiger partial charge in [-0.15, -0.1) is 4.83 Å². The minimum absolute atomic E-state index is 0.203. The summed E-state index contributed by atoms with van der Waals surface area (Å²) in [6.07, 6.45) is 2.88. The molecule has 4 N–H and O–H groups in total. The summed E-state index contributed by atoms with van der Waals surface area (Å²) in [5, 5.41) is 10.7. The van der Waals surface area contributed by atoms with Crippen LogP contribution in [0.15, 0.2) is 23.1 Å². The Morgan fingerprint density at radius 2 is 1.90 bits per heavy atom. The third-order valence-corrected chi connectivity index (χ3v) is 4.55. The summed E-state index contributed by atoms with van der Waals surface area (Å²) in [7, 11) is -3.94. The number of hydrogen-bond acceptors (Lipinski definition) is 5. The molecule has 1 aromatic carbocycles. The lowest BCUT2D eigenvalue weighted by Gasteiger charge is -2.26. The number of nitrogens with two attached hydrogens (primary N) is 1. The van der Waals surface area contributed by atoms with E-state index < -0.39 is 16.0 Å². The van der Waals surface area contributed by atoms with Crippen molar-refractivity contribution in [2.75, 3.05) is 18.8 Å². The third-order valence-electron chi connectivity index (χ3n) is 3.13. The van der Waals surface area contributed by atoms with E-state index in [1.165, 1.54) is 12.1 Å². The molecule has 0 radical (unpaired) electrons. The topological polar surface area (TPSA) is 113 Å². The summed E-state index contributed by atoms with van der Waals surface area (Å²) < 4.78 is 24.6. The molecule has 110 valence electrons. The number of nitrogen functional groups attached to an aromatic ring is 1. The summed E-state index contributed by atoms with van der Waals surface area (Å²) in [4.78, 5) is 13.2. The molecule has 7 nitrogen and oxygen atoms in total. The van der Waals surface area contributed by atoms with Crippen LogP contribution in [0.3, 0.4) is 0 Å². The van der Waals surface area contributed by atoms with E-state index in [1.54, 1.807) is 5.01 Å². The lowest BCUT2D eigenvalue weighted by Crippen LogP contribution is -2.45. The maximum absolute atomic E-state index is 12.3. The normalized spacial score (nSPS) is 17.0. The van der Waals surface area contributed by atoms with Crippen molar-refractivity contribution in [1.82, 2.24) is 9.84 Å². The first-order valence-electron chi connectivity index (χ1n) is 6.30. The van der Waals surface area contributed by atoms with Gasteiger partial charge in [0.25, 0.3) is 10.0 Å². The van der Waals surface area contributed by atoms with Crippen LogP contribution < -0.4 is 10.6 Å². The average Bonchev–Trinajstić information content (AvgIpc) is 2.39. The van der Waals surface area contributed by atoms with Crippen LogP contribution in [0.25, 0.3) is 0 Å². The first-order valence-corrected chi connectivity index (χ1v) is 7.79. The third kappa shape index (κ3) is 3.27. The van der Waals surface area contributed by atoms with Crippen molar-refractivity contribution >= 4 is 21.7 Å². The van der Waals surface area contributed by atoms with Crippen molar-refractivity contribution in [1.29, 1.82) is 0 Å². The molecule has 1 aromatic rings. The molecule has 0 spiro atoms. The highest BCUT2D eigenvalue weighted by atomic mass is 32.2. The van der Waals surface area contributed by atoms with E-state index in [1.807, 2.05) is 0 Å². The SMILES string of the molecule is Nc1ccc(C(=O)O)c(S(=O)(=O)NN2CCCCC2)c1. The molecule has 0 bridgehead atoms. The Morgan fingerprint density at radius 1 is 1.25 bits per heavy atom. The first-order chi connectivity index (χ1) is 9.40. The molecule has 0 aliphatic carbocycles. The molecule has 1 heterocycles. The lowest BCUT2D eigenvalue weighted by atomic mass is 10.2. The van der Waals surface area contributed by atoms with Gasteiger partial charge in [0.05, 0.1) is 10.5 Å². The van der Waals surface area contributed by atoms with Crippen molar-refractivity contribution in [2.45, 2.75) is 24.2 Å². The monoisotopic (exact) mass is 299 g/mol. The minimum Gasteiger partial charge on any atom is -0.478 e. The zero-order chi connectivity index (χ0) is 14.8. The number of carbonyl (C=O) groups is 1. The number of hydrogen-bond donors (Lipinski definition) is 3. The number of carboxylic acid groups (broad SMARTS) is 1. The van der Waals surface area contributed by atoms with Gasteiger partial charge in [0, 0.05) is 18.8 Å². The van der Waals surface area contributed by atoms with Gasteiger partial charge in [-0.05, 0) is 31.0 Å². The Kier molecular flexibility index (Phi) is 4.26. The Morgan fingerprint density at radius 3 is 2.50 bits per heavy atom. The predicted molar refractivity (Wildman–Crippen MR) is 73.6 cm³/mol. The fraction of sp³-hybridized carbons (Fsp3) is 0.417. The zero-order valence-electron chi connectivity index (χ0n) is 10.9. The predicted octanol–water partition coefficient (Wildman–Crippen LogP) is 0.646. The second kappa shape index (κ2) is 5.78. The summed E-state index contributed by atoms with van der Waals surface area (Å²) in [5.41, 5.74) is 5.47. The molecule has 20 heavy (non-hydrogen) atoms. The van der Waals surface area contributed by atoms with Crippen molar-refractivity contribution in [2.24, 2.45) is 0 Å². The van der Waals surface area contributed by atoms with Crippen LogP contribution in [0.4, 0.5) is 5.69 Å². The summed E-state index contributed by atoms with van der Waals surface area (Å²) in [6.45, 7) is 1.23. The van der Waals surface area contributed by atoms with Gasteiger partial charge in [0.15, 0.2) is 0 Å². The lowest BCUT2D eigenvalue weighted by molar-refractivity contribution is 0.0692. The van der Waals surface area contributed by atoms with Gasteiger partial charge in [0.2, 0.25) is 0 Å². The Hall–Kier alpha value is -1.64. The maximum atomic E-state index is 12.3.